The maximum Gasteiger partial charge on any atom is 0.344 e. The van der Waals surface area contributed by atoms with Crippen LogP contribution < -0.4 is 19.5 Å². The number of anilines is 1. The highest BCUT2D eigenvalue weighted by Crippen LogP contribution is 2.29. The summed E-state index contributed by atoms with van der Waals surface area (Å²) in [7, 11) is 0. The second kappa shape index (κ2) is 11.2. The second-order valence-corrected chi connectivity index (χ2v) is 6.39. The van der Waals surface area contributed by atoms with Crippen LogP contribution in [-0.4, -0.2) is 38.3 Å². The quantitative estimate of drug-likeness (QED) is 0.553. The highest BCUT2D eigenvalue weighted by atomic mass is 79.9. The van der Waals surface area contributed by atoms with Gasteiger partial charge in [-0.05, 0) is 50.2 Å². The first kappa shape index (κ1) is 21.6. The van der Waals surface area contributed by atoms with Gasteiger partial charge in [0.05, 0.1) is 18.9 Å². The fourth-order valence-electron chi connectivity index (χ4n) is 2.19. The molecule has 0 aliphatic rings. The van der Waals surface area contributed by atoms with E-state index in [0.717, 1.165) is 4.47 Å². The molecule has 0 aromatic heterocycles. The van der Waals surface area contributed by atoms with Crippen molar-refractivity contribution < 1.29 is 28.5 Å². The predicted octanol–water partition coefficient (Wildman–Crippen LogP) is 3.81. The number of hydrogen-bond acceptors (Lipinski definition) is 6. The van der Waals surface area contributed by atoms with E-state index in [4.69, 9.17) is 18.9 Å². The minimum atomic E-state index is -0.647. The topological polar surface area (TPSA) is 83.1 Å². The van der Waals surface area contributed by atoms with E-state index >= 15 is 0 Å². The number of benzene rings is 2. The van der Waals surface area contributed by atoms with Crippen LogP contribution in [0.1, 0.15) is 13.8 Å². The van der Waals surface area contributed by atoms with Crippen molar-refractivity contribution in [2.75, 3.05) is 31.7 Å². The number of esters is 1. The molecule has 7 nitrogen and oxygen atoms in total. The average Bonchev–Trinajstić information content (AvgIpc) is 2.68. The monoisotopic (exact) mass is 451 g/mol. The van der Waals surface area contributed by atoms with Gasteiger partial charge in [0, 0.05) is 10.5 Å². The molecule has 0 unspecified atom stereocenters. The number of carbonyl (C=O) groups is 2. The Bertz CT molecular complexity index is 794. The van der Waals surface area contributed by atoms with Crippen LogP contribution in [0.3, 0.4) is 0 Å². The van der Waals surface area contributed by atoms with Crippen molar-refractivity contribution in [3.05, 3.63) is 46.9 Å². The zero-order valence-corrected chi connectivity index (χ0v) is 17.3. The third kappa shape index (κ3) is 7.11. The summed E-state index contributed by atoms with van der Waals surface area (Å²) >= 11 is 3.31. The van der Waals surface area contributed by atoms with E-state index in [0.29, 0.717) is 36.1 Å². The van der Waals surface area contributed by atoms with Gasteiger partial charge in [-0.15, -0.1) is 0 Å². The molecule has 8 heteroatoms. The van der Waals surface area contributed by atoms with Crippen LogP contribution in [0.15, 0.2) is 46.9 Å². The lowest BCUT2D eigenvalue weighted by molar-refractivity contribution is -0.149. The summed E-state index contributed by atoms with van der Waals surface area (Å²) < 4.78 is 22.1. The highest BCUT2D eigenvalue weighted by Gasteiger charge is 2.12. The molecule has 2 aromatic rings. The van der Waals surface area contributed by atoms with Crippen LogP contribution in [0.25, 0.3) is 0 Å². The Morgan fingerprint density at radius 2 is 1.57 bits per heavy atom. The molecule has 0 radical (unpaired) electrons. The van der Waals surface area contributed by atoms with Gasteiger partial charge in [0.15, 0.2) is 13.2 Å². The van der Waals surface area contributed by atoms with E-state index < -0.39 is 18.5 Å². The number of rotatable bonds is 10. The normalized spacial score (nSPS) is 10.1. The lowest BCUT2D eigenvalue weighted by Crippen LogP contribution is -2.24. The molecule has 0 saturated heterocycles. The molecule has 0 fully saturated rings. The predicted molar refractivity (Wildman–Crippen MR) is 108 cm³/mol. The van der Waals surface area contributed by atoms with Crippen LogP contribution in [0.2, 0.25) is 0 Å². The first-order valence-corrected chi connectivity index (χ1v) is 9.54. The third-order valence-electron chi connectivity index (χ3n) is 3.37. The molecule has 1 amide bonds. The number of hydrogen-bond donors (Lipinski definition) is 1. The number of ether oxygens (including phenoxy) is 4. The van der Waals surface area contributed by atoms with Gasteiger partial charge in [-0.1, -0.05) is 15.9 Å². The minimum absolute atomic E-state index is 0.293. The van der Waals surface area contributed by atoms with E-state index in [-0.39, 0.29) is 6.61 Å². The van der Waals surface area contributed by atoms with Gasteiger partial charge in [-0.2, -0.15) is 0 Å². The van der Waals surface area contributed by atoms with Crippen molar-refractivity contribution in [1.82, 2.24) is 0 Å². The van der Waals surface area contributed by atoms with Gasteiger partial charge in [-0.3, -0.25) is 4.79 Å². The van der Waals surface area contributed by atoms with Crippen molar-refractivity contribution in [1.29, 1.82) is 0 Å². The molecule has 0 aliphatic carbocycles. The van der Waals surface area contributed by atoms with Crippen LogP contribution >= 0.6 is 15.9 Å². The summed E-state index contributed by atoms with van der Waals surface area (Å²) in [5.41, 5.74) is 0.444. The summed E-state index contributed by atoms with van der Waals surface area (Å²) in [6.45, 7) is 3.92. The van der Waals surface area contributed by atoms with Gasteiger partial charge < -0.3 is 24.3 Å². The molecule has 2 rings (SSSR count). The van der Waals surface area contributed by atoms with Gasteiger partial charge in [0.1, 0.15) is 17.2 Å². The summed E-state index contributed by atoms with van der Waals surface area (Å²) in [5.74, 6) is 0.488. The van der Waals surface area contributed by atoms with Crippen molar-refractivity contribution >= 4 is 33.5 Å². The Morgan fingerprint density at radius 1 is 0.893 bits per heavy atom. The first-order valence-electron chi connectivity index (χ1n) is 8.75. The van der Waals surface area contributed by atoms with Crippen molar-refractivity contribution in [3.63, 3.8) is 0 Å². The van der Waals surface area contributed by atoms with Gasteiger partial charge in [-0.25, -0.2) is 4.79 Å². The maximum atomic E-state index is 12.1. The van der Waals surface area contributed by atoms with E-state index in [2.05, 4.69) is 21.2 Å². The van der Waals surface area contributed by atoms with Crippen LogP contribution in [-0.2, 0) is 14.3 Å². The largest absolute Gasteiger partial charge is 0.494 e. The smallest absolute Gasteiger partial charge is 0.344 e. The fourth-order valence-corrected chi connectivity index (χ4v) is 2.46. The molecule has 0 bridgehead atoms. The lowest BCUT2D eigenvalue weighted by atomic mass is 10.2. The third-order valence-corrected chi connectivity index (χ3v) is 3.90. The maximum absolute atomic E-state index is 12.1. The van der Waals surface area contributed by atoms with Gasteiger partial charge >= 0.3 is 5.97 Å². The fraction of sp³-hybridized carbons (Fsp3) is 0.300. The van der Waals surface area contributed by atoms with Crippen molar-refractivity contribution in [3.8, 4) is 17.2 Å². The summed E-state index contributed by atoms with van der Waals surface area (Å²) in [5, 5.41) is 2.66. The minimum Gasteiger partial charge on any atom is -0.494 e. The van der Waals surface area contributed by atoms with Crippen LogP contribution in [0, 0.1) is 0 Å². The molecule has 0 atom stereocenters. The number of nitrogens with one attached hydrogen (secondary N) is 1. The summed E-state index contributed by atoms with van der Waals surface area (Å²) in [4.78, 5) is 23.9. The molecular formula is C20H22BrNO6. The van der Waals surface area contributed by atoms with E-state index in [1.54, 1.807) is 42.5 Å². The SMILES string of the molecule is CCOc1ccc(OCC)c(NC(=O)COC(=O)COc2ccc(Br)cc2)c1. The molecule has 1 N–H and O–H groups in total. The molecule has 0 saturated carbocycles. The Hall–Kier alpha value is -2.74. The van der Waals surface area contributed by atoms with Gasteiger partial charge in [0.2, 0.25) is 0 Å². The van der Waals surface area contributed by atoms with E-state index in [9.17, 15) is 9.59 Å². The molecule has 2 aromatic carbocycles. The Labute approximate surface area is 172 Å². The summed E-state index contributed by atoms with van der Waals surface area (Å²) in [6, 6.07) is 12.1. The Kier molecular flexibility index (Phi) is 8.61. The molecule has 0 aliphatic heterocycles. The van der Waals surface area contributed by atoms with Crippen molar-refractivity contribution in [2.45, 2.75) is 13.8 Å². The Morgan fingerprint density at radius 3 is 2.25 bits per heavy atom. The standard InChI is InChI=1S/C20H22BrNO6/c1-3-25-16-9-10-18(26-4-2)17(11-16)22-19(23)12-28-20(24)13-27-15-7-5-14(21)6-8-15/h5-11H,3-4,12-13H2,1-2H3,(H,22,23). The molecule has 28 heavy (non-hydrogen) atoms. The second-order valence-electron chi connectivity index (χ2n) is 5.48. The number of halogens is 1. The molecular weight excluding hydrogens is 430 g/mol. The highest BCUT2D eigenvalue weighted by molar-refractivity contribution is 9.10. The summed E-state index contributed by atoms with van der Waals surface area (Å²) in [6.07, 6.45) is 0. The average molecular weight is 452 g/mol. The van der Waals surface area contributed by atoms with E-state index in [1.807, 2.05) is 13.8 Å². The Balaban J connectivity index is 1.84. The number of carbonyl (C=O) groups excluding carboxylic acids is 2. The van der Waals surface area contributed by atoms with Crippen LogP contribution in [0.5, 0.6) is 17.2 Å². The molecule has 150 valence electrons. The van der Waals surface area contributed by atoms with Crippen LogP contribution in [0.4, 0.5) is 5.69 Å². The molecule has 0 spiro atoms. The zero-order chi connectivity index (χ0) is 20.4. The lowest BCUT2D eigenvalue weighted by Gasteiger charge is -2.13. The van der Waals surface area contributed by atoms with E-state index in [1.165, 1.54) is 0 Å². The zero-order valence-electron chi connectivity index (χ0n) is 15.7. The number of amides is 1. The van der Waals surface area contributed by atoms with Crippen molar-refractivity contribution in [2.24, 2.45) is 0 Å². The first-order chi connectivity index (χ1) is 13.5. The molecule has 0 heterocycles. The van der Waals surface area contributed by atoms with Gasteiger partial charge in [0.25, 0.3) is 5.91 Å².